The van der Waals surface area contributed by atoms with E-state index in [4.69, 9.17) is 11.6 Å². The summed E-state index contributed by atoms with van der Waals surface area (Å²) in [5, 5.41) is 0.989. The highest BCUT2D eigenvalue weighted by Gasteiger charge is 2.25. The second-order valence-corrected chi connectivity index (χ2v) is 5.92. The molecular formula is C12H10ClO2P. The quantitative estimate of drug-likeness (QED) is 0.834. The van der Waals surface area contributed by atoms with Crippen LogP contribution in [-0.4, -0.2) is 4.89 Å². The van der Waals surface area contributed by atoms with Crippen molar-refractivity contribution in [3.8, 4) is 0 Å². The molecule has 16 heavy (non-hydrogen) atoms. The molecule has 0 bridgehead atoms. The van der Waals surface area contributed by atoms with Gasteiger partial charge in [-0.15, -0.1) is 0 Å². The molecule has 0 saturated heterocycles. The van der Waals surface area contributed by atoms with Crippen molar-refractivity contribution in [2.75, 3.05) is 0 Å². The topological polar surface area (TPSA) is 37.3 Å². The third kappa shape index (κ3) is 2.05. The summed E-state index contributed by atoms with van der Waals surface area (Å²) in [6.45, 7) is 0. The highest BCUT2D eigenvalue weighted by atomic mass is 35.5. The van der Waals surface area contributed by atoms with Gasteiger partial charge in [0.15, 0.2) is 0 Å². The zero-order valence-electron chi connectivity index (χ0n) is 8.38. The van der Waals surface area contributed by atoms with Crippen molar-refractivity contribution >= 4 is 29.6 Å². The van der Waals surface area contributed by atoms with E-state index in [1.54, 1.807) is 54.6 Å². The van der Waals surface area contributed by atoms with Gasteiger partial charge in [0.05, 0.1) is 10.3 Å². The maximum atomic E-state index is 12.3. The van der Waals surface area contributed by atoms with Crippen LogP contribution < -0.4 is 10.6 Å². The molecule has 2 rings (SSSR count). The summed E-state index contributed by atoms with van der Waals surface area (Å²) in [5.41, 5.74) is 0. The zero-order valence-corrected chi connectivity index (χ0v) is 10.0. The summed E-state index contributed by atoms with van der Waals surface area (Å²) in [7, 11) is -3.57. The van der Waals surface area contributed by atoms with Crippen molar-refractivity contribution in [3.05, 3.63) is 59.6 Å². The highest BCUT2D eigenvalue weighted by molar-refractivity contribution is 7.73. The average Bonchev–Trinajstić information content (AvgIpc) is 2.30. The van der Waals surface area contributed by atoms with Crippen molar-refractivity contribution in [1.29, 1.82) is 0 Å². The van der Waals surface area contributed by atoms with Crippen LogP contribution in [0.25, 0.3) is 0 Å². The fourth-order valence-corrected chi connectivity index (χ4v) is 3.45. The number of hydrogen-bond acceptors (Lipinski definition) is 1. The molecule has 82 valence electrons. The molecule has 0 aliphatic rings. The first-order chi connectivity index (χ1) is 7.62. The summed E-state index contributed by atoms with van der Waals surface area (Å²) in [6.07, 6.45) is 0. The van der Waals surface area contributed by atoms with Gasteiger partial charge >= 0.3 is 0 Å². The predicted molar refractivity (Wildman–Crippen MR) is 67.0 cm³/mol. The minimum Gasteiger partial charge on any atom is -0.338 e. The Labute approximate surface area is 99.0 Å². The predicted octanol–water partition coefficient (Wildman–Crippen LogP) is 2.56. The Balaban J connectivity index is 2.56. The van der Waals surface area contributed by atoms with E-state index in [-0.39, 0.29) is 5.30 Å². The Morgan fingerprint density at radius 3 is 2.12 bits per heavy atom. The fourth-order valence-electron chi connectivity index (χ4n) is 1.47. The molecule has 0 spiro atoms. The smallest absolute Gasteiger partial charge is 0.260 e. The number of halogens is 1. The Bertz CT molecular complexity index is 540. The van der Waals surface area contributed by atoms with Crippen LogP contribution in [0.3, 0.4) is 0 Å². The molecule has 0 aliphatic carbocycles. The van der Waals surface area contributed by atoms with E-state index in [2.05, 4.69) is 0 Å². The lowest BCUT2D eigenvalue weighted by molar-refractivity contribution is 0.501. The van der Waals surface area contributed by atoms with E-state index in [1.165, 1.54) is 0 Å². The van der Waals surface area contributed by atoms with Crippen LogP contribution in [0.1, 0.15) is 0 Å². The summed E-state index contributed by atoms with van der Waals surface area (Å²) < 4.78 is 12.3. The van der Waals surface area contributed by atoms with E-state index in [0.717, 1.165) is 0 Å². The van der Waals surface area contributed by atoms with E-state index in [0.29, 0.717) is 10.3 Å². The minimum absolute atomic E-state index is 0.280. The third-order valence-electron chi connectivity index (χ3n) is 2.29. The Kier molecular flexibility index (Phi) is 3.15. The molecule has 2 aromatic rings. The zero-order chi connectivity index (χ0) is 11.6. The monoisotopic (exact) mass is 252 g/mol. The summed E-state index contributed by atoms with van der Waals surface area (Å²) >= 11 is 5.93. The first-order valence-corrected chi connectivity index (χ1v) is 6.79. The Morgan fingerprint density at radius 2 is 1.50 bits per heavy atom. The van der Waals surface area contributed by atoms with Crippen molar-refractivity contribution in [3.63, 3.8) is 0 Å². The standard InChI is InChI=1S/C12H10ClO2P/c13-11-8-4-5-9-12(11)16(14,15)10-6-2-1-3-7-10/h1-9H,(H,14,15). The molecule has 0 aliphatic heterocycles. The van der Waals surface area contributed by atoms with E-state index < -0.39 is 7.37 Å². The van der Waals surface area contributed by atoms with Crippen molar-refractivity contribution in [2.45, 2.75) is 0 Å². The molecule has 1 unspecified atom stereocenters. The second kappa shape index (κ2) is 4.42. The molecule has 0 saturated carbocycles. The second-order valence-electron chi connectivity index (χ2n) is 3.36. The van der Waals surface area contributed by atoms with Gasteiger partial charge < -0.3 is 4.89 Å². The van der Waals surface area contributed by atoms with Crippen LogP contribution in [-0.2, 0) is 4.57 Å². The van der Waals surface area contributed by atoms with Gasteiger partial charge in [0.2, 0.25) is 0 Å². The van der Waals surface area contributed by atoms with Gasteiger partial charge in [-0.1, -0.05) is 41.9 Å². The maximum Gasteiger partial charge on any atom is 0.260 e. The lowest BCUT2D eigenvalue weighted by atomic mass is 10.4. The van der Waals surface area contributed by atoms with Crippen LogP contribution in [0.2, 0.25) is 5.02 Å². The normalized spacial score (nSPS) is 14.4. The molecule has 1 atom stereocenters. The number of benzene rings is 2. The lowest BCUT2D eigenvalue weighted by Gasteiger charge is -2.13. The SMILES string of the molecule is O=P(O)(c1ccccc1)c1ccccc1Cl. The molecule has 0 aromatic heterocycles. The maximum absolute atomic E-state index is 12.3. The molecule has 0 fully saturated rings. The lowest BCUT2D eigenvalue weighted by Crippen LogP contribution is -2.16. The first-order valence-electron chi connectivity index (χ1n) is 4.76. The van der Waals surface area contributed by atoms with Gasteiger partial charge in [-0.05, 0) is 24.3 Å². The highest BCUT2D eigenvalue weighted by Crippen LogP contribution is 2.40. The molecule has 2 nitrogen and oxygen atoms in total. The van der Waals surface area contributed by atoms with Crippen LogP contribution in [0.15, 0.2) is 54.6 Å². The summed E-state index contributed by atoms with van der Waals surface area (Å²) in [4.78, 5) is 10.1. The van der Waals surface area contributed by atoms with Crippen molar-refractivity contribution in [1.82, 2.24) is 0 Å². The summed E-state index contributed by atoms with van der Waals surface area (Å²) in [6, 6.07) is 15.1. The minimum atomic E-state index is -3.57. The van der Waals surface area contributed by atoms with E-state index in [9.17, 15) is 9.46 Å². The molecule has 0 radical (unpaired) electrons. The van der Waals surface area contributed by atoms with Crippen LogP contribution in [0.5, 0.6) is 0 Å². The van der Waals surface area contributed by atoms with Crippen molar-refractivity contribution in [2.24, 2.45) is 0 Å². The van der Waals surface area contributed by atoms with Gasteiger partial charge in [-0.2, -0.15) is 0 Å². The largest absolute Gasteiger partial charge is 0.338 e. The molecule has 0 heterocycles. The van der Waals surface area contributed by atoms with Crippen LogP contribution >= 0.6 is 19.0 Å². The van der Waals surface area contributed by atoms with Crippen molar-refractivity contribution < 1.29 is 9.46 Å². The number of rotatable bonds is 2. The molecule has 2 aromatic carbocycles. The molecular weight excluding hydrogens is 243 g/mol. The average molecular weight is 253 g/mol. The van der Waals surface area contributed by atoms with Crippen LogP contribution in [0, 0.1) is 0 Å². The fraction of sp³-hybridized carbons (Fsp3) is 0. The number of hydrogen-bond donors (Lipinski definition) is 1. The third-order valence-corrected chi connectivity index (χ3v) is 4.79. The Hall–Kier alpha value is -1.08. The molecule has 0 amide bonds. The summed E-state index contributed by atoms with van der Waals surface area (Å²) in [5.74, 6) is 0. The Morgan fingerprint density at radius 1 is 0.938 bits per heavy atom. The molecule has 1 N–H and O–H groups in total. The first kappa shape index (κ1) is 11.4. The molecule has 4 heteroatoms. The van der Waals surface area contributed by atoms with Gasteiger partial charge in [0.1, 0.15) is 0 Å². The van der Waals surface area contributed by atoms with E-state index >= 15 is 0 Å². The van der Waals surface area contributed by atoms with Gasteiger partial charge in [-0.3, -0.25) is 4.57 Å². The van der Waals surface area contributed by atoms with Crippen LogP contribution in [0.4, 0.5) is 0 Å². The van der Waals surface area contributed by atoms with Gasteiger partial charge in [-0.25, -0.2) is 0 Å². The van der Waals surface area contributed by atoms with Gasteiger partial charge in [0, 0.05) is 5.30 Å². The van der Waals surface area contributed by atoms with E-state index in [1.807, 2.05) is 0 Å². The van der Waals surface area contributed by atoms with Gasteiger partial charge in [0.25, 0.3) is 7.37 Å².